The number of carbonyl (C=O) groups is 1. The van der Waals surface area contributed by atoms with Crippen molar-refractivity contribution < 1.29 is 4.79 Å². The second kappa shape index (κ2) is 7.95. The first kappa shape index (κ1) is 17.3. The van der Waals surface area contributed by atoms with E-state index in [4.69, 9.17) is 5.73 Å². The molecule has 22 heavy (non-hydrogen) atoms. The molecule has 0 spiro atoms. The Labute approximate surface area is 139 Å². The molecule has 1 amide bonds. The number of hydrogen-bond acceptors (Lipinski definition) is 3. The van der Waals surface area contributed by atoms with Gasteiger partial charge < -0.3 is 10.6 Å². The normalized spacial score (nSPS) is 20.0. The average Bonchev–Trinajstić information content (AvgIpc) is 3.09. The third-order valence-electron chi connectivity index (χ3n) is 4.88. The molecule has 1 aromatic carbocycles. The van der Waals surface area contributed by atoms with Crippen LogP contribution in [0.2, 0.25) is 0 Å². The van der Waals surface area contributed by atoms with Crippen LogP contribution in [0, 0.1) is 0 Å². The molecule has 1 saturated carbocycles. The Kier molecular flexibility index (Phi) is 6.24. The van der Waals surface area contributed by atoms with Gasteiger partial charge in [-0.25, -0.2) is 0 Å². The Balaban J connectivity index is 0.00000176. The molecule has 2 fully saturated rings. The number of halogens is 1. The van der Waals surface area contributed by atoms with Crippen molar-refractivity contribution in [2.75, 3.05) is 26.2 Å². The van der Waals surface area contributed by atoms with Crippen LogP contribution in [-0.2, 0) is 6.54 Å². The van der Waals surface area contributed by atoms with Gasteiger partial charge in [-0.05, 0) is 30.5 Å². The van der Waals surface area contributed by atoms with Crippen LogP contribution in [-0.4, -0.2) is 47.9 Å². The van der Waals surface area contributed by atoms with Crippen LogP contribution in [0.25, 0.3) is 0 Å². The van der Waals surface area contributed by atoms with Crippen LogP contribution in [0.3, 0.4) is 0 Å². The van der Waals surface area contributed by atoms with Crippen LogP contribution < -0.4 is 5.73 Å². The fourth-order valence-corrected chi connectivity index (χ4v) is 3.53. The van der Waals surface area contributed by atoms with Gasteiger partial charge in [-0.15, -0.1) is 12.4 Å². The van der Waals surface area contributed by atoms with Gasteiger partial charge >= 0.3 is 0 Å². The predicted molar refractivity (Wildman–Crippen MR) is 91.3 cm³/mol. The maximum absolute atomic E-state index is 12.5. The van der Waals surface area contributed by atoms with E-state index in [0.717, 1.165) is 43.3 Å². The highest BCUT2D eigenvalue weighted by molar-refractivity contribution is 5.94. The van der Waals surface area contributed by atoms with Gasteiger partial charge in [0.05, 0.1) is 0 Å². The van der Waals surface area contributed by atoms with Crippen molar-refractivity contribution >= 4 is 18.3 Å². The van der Waals surface area contributed by atoms with Crippen molar-refractivity contribution in [3.63, 3.8) is 0 Å². The van der Waals surface area contributed by atoms with E-state index in [2.05, 4.69) is 4.90 Å². The molecule has 1 heterocycles. The van der Waals surface area contributed by atoms with E-state index in [0.29, 0.717) is 6.54 Å². The van der Waals surface area contributed by atoms with Gasteiger partial charge in [0.1, 0.15) is 0 Å². The number of nitrogens with zero attached hydrogens (tertiary/aromatic N) is 2. The van der Waals surface area contributed by atoms with Crippen LogP contribution >= 0.6 is 12.4 Å². The molecule has 1 aromatic rings. The summed E-state index contributed by atoms with van der Waals surface area (Å²) in [5.41, 5.74) is 7.44. The van der Waals surface area contributed by atoms with Crippen LogP contribution in [0.5, 0.6) is 0 Å². The van der Waals surface area contributed by atoms with E-state index >= 15 is 0 Å². The molecule has 2 aliphatic rings. The lowest BCUT2D eigenvalue weighted by atomic mass is 10.1. The van der Waals surface area contributed by atoms with Gasteiger partial charge in [0.25, 0.3) is 5.91 Å². The first-order valence-electron chi connectivity index (χ1n) is 8.10. The lowest BCUT2D eigenvalue weighted by Gasteiger charge is -2.38. The zero-order valence-electron chi connectivity index (χ0n) is 13.0. The molecule has 4 nitrogen and oxygen atoms in total. The maximum Gasteiger partial charge on any atom is 0.253 e. The highest BCUT2D eigenvalue weighted by atomic mass is 35.5. The highest BCUT2D eigenvalue weighted by Crippen LogP contribution is 2.24. The fourth-order valence-electron chi connectivity index (χ4n) is 3.53. The first-order valence-corrected chi connectivity index (χ1v) is 8.10. The summed E-state index contributed by atoms with van der Waals surface area (Å²) >= 11 is 0. The second-order valence-electron chi connectivity index (χ2n) is 6.17. The first-order chi connectivity index (χ1) is 10.3. The van der Waals surface area contributed by atoms with E-state index in [1.807, 2.05) is 29.2 Å². The van der Waals surface area contributed by atoms with E-state index in [1.165, 1.54) is 25.7 Å². The number of piperazine rings is 1. The second-order valence-corrected chi connectivity index (χ2v) is 6.17. The van der Waals surface area contributed by atoms with Crippen molar-refractivity contribution in [2.24, 2.45) is 5.73 Å². The number of benzene rings is 1. The quantitative estimate of drug-likeness (QED) is 0.928. The van der Waals surface area contributed by atoms with Gasteiger partial charge in [0.2, 0.25) is 0 Å². The topological polar surface area (TPSA) is 49.6 Å². The van der Waals surface area contributed by atoms with Gasteiger partial charge in [0, 0.05) is 44.3 Å². The van der Waals surface area contributed by atoms with E-state index in [-0.39, 0.29) is 18.3 Å². The van der Waals surface area contributed by atoms with Gasteiger partial charge in [-0.3, -0.25) is 9.69 Å². The van der Waals surface area contributed by atoms with E-state index in [1.54, 1.807) is 0 Å². The van der Waals surface area contributed by atoms with Crippen molar-refractivity contribution in [3.05, 3.63) is 35.4 Å². The predicted octanol–water partition coefficient (Wildman–Crippen LogP) is 2.27. The third-order valence-corrected chi connectivity index (χ3v) is 4.88. The zero-order valence-corrected chi connectivity index (χ0v) is 13.9. The largest absolute Gasteiger partial charge is 0.336 e. The molecule has 122 valence electrons. The standard InChI is InChI=1S/C17H25N3O.ClH/c18-13-14-5-7-15(8-6-14)17(21)20-11-9-19(10-12-20)16-3-1-2-4-16;/h5-8,16H,1-4,9-13,18H2;1H. The Bertz CT molecular complexity index is 477. The molecule has 0 radical (unpaired) electrons. The minimum atomic E-state index is 0. The molecule has 0 bridgehead atoms. The Morgan fingerprint density at radius 2 is 1.64 bits per heavy atom. The Morgan fingerprint density at radius 1 is 1.05 bits per heavy atom. The summed E-state index contributed by atoms with van der Waals surface area (Å²) in [5.74, 6) is 0.157. The number of nitrogens with two attached hydrogens (primary N) is 1. The summed E-state index contributed by atoms with van der Waals surface area (Å²) in [6, 6.07) is 8.46. The number of rotatable bonds is 3. The molecular formula is C17H26ClN3O. The fraction of sp³-hybridized carbons (Fsp3) is 0.588. The number of hydrogen-bond donors (Lipinski definition) is 1. The molecule has 0 unspecified atom stereocenters. The summed E-state index contributed by atoms with van der Waals surface area (Å²) in [6.07, 6.45) is 5.43. The van der Waals surface area contributed by atoms with E-state index in [9.17, 15) is 4.79 Å². The van der Waals surface area contributed by atoms with Gasteiger partial charge in [-0.1, -0.05) is 25.0 Å². The van der Waals surface area contributed by atoms with E-state index < -0.39 is 0 Å². The summed E-state index contributed by atoms with van der Waals surface area (Å²) in [5, 5.41) is 0. The summed E-state index contributed by atoms with van der Waals surface area (Å²) in [4.78, 5) is 17.1. The molecule has 2 N–H and O–H groups in total. The van der Waals surface area contributed by atoms with Crippen LogP contribution in [0.15, 0.2) is 24.3 Å². The van der Waals surface area contributed by atoms with Gasteiger partial charge in [-0.2, -0.15) is 0 Å². The number of amides is 1. The molecule has 3 rings (SSSR count). The zero-order chi connectivity index (χ0) is 14.7. The number of carbonyl (C=O) groups excluding carboxylic acids is 1. The van der Waals surface area contributed by atoms with Crippen molar-refractivity contribution in [2.45, 2.75) is 38.3 Å². The smallest absolute Gasteiger partial charge is 0.253 e. The SMILES string of the molecule is Cl.NCc1ccc(C(=O)N2CCN(C3CCCC3)CC2)cc1. The lowest BCUT2D eigenvalue weighted by molar-refractivity contribution is 0.0573. The molecule has 1 aliphatic heterocycles. The molecule has 1 aliphatic carbocycles. The van der Waals surface area contributed by atoms with Crippen molar-refractivity contribution in [1.29, 1.82) is 0 Å². The Hall–Kier alpha value is -1.10. The minimum Gasteiger partial charge on any atom is -0.336 e. The van der Waals surface area contributed by atoms with Gasteiger partial charge in [0.15, 0.2) is 0 Å². The third kappa shape index (κ3) is 3.80. The monoisotopic (exact) mass is 323 g/mol. The molecule has 1 saturated heterocycles. The Morgan fingerprint density at radius 3 is 2.18 bits per heavy atom. The summed E-state index contributed by atoms with van der Waals surface area (Å²) < 4.78 is 0. The molecular weight excluding hydrogens is 298 g/mol. The van der Waals surface area contributed by atoms with Crippen molar-refractivity contribution in [3.8, 4) is 0 Å². The summed E-state index contributed by atoms with van der Waals surface area (Å²) in [6.45, 7) is 4.28. The molecule has 0 aromatic heterocycles. The maximum atomic E-state index is 12.5. The van der Waals surface area contributed by atoms with Crippen LogP contribution in [0.1, 0.15) is 41.6 Å². The van der Waals surface area contributed by atoms with Crippen LogP contribution in [0.4, 0.5) is 0 Å². The average molecular weight is 324 g/mol. The molecule has 5 heteroatoms. The highest BCUT2D eigenvalue weighted by Gasteiger charge is 2.28. The molecule has 0 atom stereocenters. The summed E-state index contributed by atoms with van der Waals surface area (Å²) in [7, 11) is 0. The lowest BCUT2D eigenvalue weighted by Crippen LogP contribution is -2.51. The minimum absolute atomic E-state index is 0. The van der Waals surface area contributed by atoms with Crippen molar-refractivity contribution in [1.82, 2.24) is 9.80 Å².